The molecule has 0 spiro atoms. The Morgan fingerprint density at radius 2 is 1.95 bits per heavy atom. The Labute approximate surface area is 115 Å². The molecule has 2 aromatic rings. The minimum atomic E-state index is -0.619. The molecule has 20 heavy (non-hydrogen) atoms. The average molecular weight is 270 g/mol. The van der Waals surface area contributed by atoms with Gasteiger partial charge in [0.15, 0.2) is 0 Å². The molecule has 0 aliphatic rings. The molecule has 0 saturated carbocycles. The van der Waals surface area contributed by atoms with Crippen LogP contribution in [0.4, 0.5) is 10.1 Å². The van der Waals surface area contributed by atoms with Crippen LogP contribution in [0.5, 0.6) is 0 Å². The number of benzene rings is 2. The lowest BCUT2D eigenvalue weighted by atomic mass is 10.1. The SMILES string of the molecule is N#Cc1ccc(COC(=O)c2ccc(F)cc2N)cc1. The molecule has 0 radical (unpaired) electrons. The Bertz CT molecular complexity index is 675. The first-order valence-corrected chi connectivity index (χ1v) is 5.81. The zero-order valence-electron chi connectivity index (χ0n) is 10.5. The van der Waals surface area contributed by atoms with Crippen molar-refractivity contribution in [3.63, 3.8) is 0 Å². The van der Waals surface area contributed by atoms with Crippen molar-refractivity contribution >= 4 is 11.7 Å². The van der Waals surface area contributed by atoms with Crippen LogP contribution in [0.2, 0.25) is 0 Å². The van der Waals surface area contributed by atoms with Gasteiger partial charge in [-0.05, 0) is 35.9 Å². The first-order valence-electron chi connectivity index (χ1n) is 5.81. The van der Waals surface area contributed by atoms with Crippen molar-refractivity contribution in [2.75, 3.05) is 5.73 Å². The van der Waals surface area contributed by atoms with Crippen molar-refractivity contribution in [3.8, 4) is 6.07 Å². The van der Waals surface area contributed by atoms with Gasteiger partial charge in [-0.25, -0.2) is 9.18 Å². The number of hydrogen-bond donors (Lipinski definition) is 1. The van der Waals surface area contributed by atoms with E-state index in [1.54, 1.807) is 24.3 Å². The van der Waals surface area contributed by atoms with Gasteiger partial charge in [-0.2, -0.15) is 5.26 Å². The Morgan fingerprint density at radius 1 is 1.25 bits per heavy atom. The molecule has 2 aromatic carbocycles. The summed E-state index contributed by atoms with van der Waals surface area (Å²) in [4.78, 5) is 11.8. The lowest BCUT2D eigenvalue weighted by Gasteiger charge is -2.07. The Morgan fingerprint density at radius 3 is 2.55 bits per heavy atom. The summed E-state index contributed by atoms with van der Waals surface area (Å²) in [5, 5.41) is 8.67. The number of carbonyl (C=O) groups is 1. The molecule has 0 aromatic heterocycles. The molecule has 0 heterocycles. The Balaban J connectivity index is 2.03. The van der Waals surface area contributed by atoms with E-state index in [1.165, 1.54) is 6.07 Å². The van der Waals surface area contributed by atoms with Crippen molar-refractivity contribution in [1.29, 1.82) is 5.26 Å². The summed E-state index contributed by atoms with van der Waals surface area (Å²) in [5.41, 5.74) is 6.99. The minimum absolute atomic E-state index is 0.0369. The topological polar surface area (TPSA) is 76.1 Å². The monoisotopic (exact) mass is 270 g/mol. The van der Waals surface area contributed by atoms with Crippen LogP contribution in [0.25, 0.3) is 0 Å². The van der Waals surface area contributed by atoms with Gasteiger partial charge in [0, 0.05) is 5.69 Å². The van der Waals surface area contributed by atoms with E-state index in [0.717, 1.165) is 17.7 Å². The molecule has 2 N–H and O–H groups in total. The number of ether oxygens (including phenoxy) is 1. The fourth-order valence-corrected chi connectivity index (χ4v) is 1.62. The van der Waals surface area contributed by atoms with Crippen LogP contribution in [-0.4, -0.2) is 5.97 Å². The molecule has 0 aliphatic carbocycles. The molecule has 2 rings (SSSR count). The zero-order valence-corrected chi connectivity index (χ0v) is 10.5. The first-order chi connectivity index (χ1) is 9.60. The van der Waals surface area contributed by atoms with Gasteiger partial charge in [0.05, 0.1) is 17.2 Å². The summed E-state index contributed by atoms with van der Waals surface area (Å²) >= 11 is 0. The van der Waals surface area contributed by atoms with E-state index in [4.69, 9.17) is 15.7 Å². The van der Waals surface area contributed by atoms with Crippen molar-refractivity contribution in [2.45, 2.75) is 6.61 Å². The highest BCUT2D eigenvalue weighted by Crippen LogP contribution is 2.15. The van der Waals surface area contributed by atoms with Gasteiger partial charge in [-0.15, -0.1) is 0 Å². The molecule has 5 heteroatoms. The van der Waals surface area contributed by atoms with E-state index in [-0.39, 0.29) is 17.9 Å². The van der Waals surface area contributed by atoms with Crippen LogP contribution in [0, 0.1) is 17.1 Å². The molecule has 4 nitrogen and oxygen atoms in total. The lowest BCUT2D eigenvalue weighted by Crippen LogP contribution is -2.08. The second-order valence-corrected chi connectivity index (χ2v) is 4.12. The molecule has 0 amide bonds. The molecule has 0 bridgehead atoms. The molecular weight excluding hydrogens is 259 g/mol. The highest BCUT2D eigenvalue weighted by atomic mass is 19.1. The third-order valence-corrected chi connectivity index (χ3v) is 2.69. The number of rotatable bonds is 3. The number of nitrogens with zero attached hydrogens (tertiary/aromatic N) is 1. The van der Waals surface area contributed by atoms with E-state index in [2.05, 4.69) is 0 Å². The van der Waals surface area contributed by atoms with Gasteiger partial charge in [0.25, 0.3) is 0 Å². The van der Waals surface area contributed by atoms with Crippen molar-refractivity contribution in [3.05, 3.63) is 65.0 Å². The average Bonchev–Trinajstić information content (AvgIpc) is 2.45. The van der Waals surface area contributed by atoms with Gasteiger partial charge >= 0.3 is 5.97 Å². The van der Waals surface area contributed by atoms with Crippen LogP contribution in [-0.2, 0) is 11.3 Å². The predicted molar refractivity (Wildman–Crippen MR) is 71.1 cm³/mol. The van der Waals surface area contributed by atoms with Crippen LogP contribution in [0.3, 0.4) is 0 Å². The number of nitrogen functional groups attached to an aromatic ring is 1. The van der Waals surface area contributed by atoms with Crippen LogP contribution < -0.4 is 5.73 Å². The molecular formula is C15H11FN2O2. The van der Waals surface area contributed by atoms with E-state index >= 15 is 0 Å². The van der Waals surface area contributed by atoms with Crippen LogP contribution in [0.1, 0.15) is 21.5 Å². The summed E-state index contributed by atoms with van der Waals surface area (Å²) in [6.07, 6.45) is 0. The zero-order chi connectivity index (χ0) is 14.5. The van der Waals surface area contributed by atoms with Gasteiger partial charge in [-0.3, -0.25) is 0 Å². The Hall–Kier alpha value is -2.87. The van der Waals surface area contributed by atoms with Crippen molar-refractivity contribution < 1.29 is 13.9 Å². The maximum Gasteiger partial charge on any atom is 0.340 e. The highest BCUT2D eigenvalue weighted by Gasteiger charge is 2.11. The molecule has 0 atom stereocenters. The predicted octanol–water partition coefficient (Wildman–Crippen LogP) is 2.64. The fraction of sp³-hybridized carbons (Fsp3) is 0.0667. The van der Waals surface area contributed by atoms with E-state index in [1.807, 2.05) is 6.07 Å². The normalized spacial score (nSPS) is 9.80. The maximum atomic E-state index is 12.9. The van der Waals surface area contributed by atoms with Crippen LogP contribution >= 0.6 is 0 Å². The third-order valence-electron chi connectivity index (χ3n) is 2.69. The van der Waals surface area contributed by atoms with E-state index < -0.39 is 11.8 Å². The highest BCUT2D eigenvalue weighted by molar-refractivity contribution is 5.94. The Kier molecular flexibility index (Phi) is 3.96. The van der Waals surface area contributed by atoms with Gasteiger partial charge in [-0.1, -0.05) is 12.1 Å². The molecule has 0 fully saturated rings. The third kappa shape index (κ3) is 3.12. The number of halogens is 1. The number of anilines is 1. The number of hydrogen-bond acceptors (Lipinski definition) is 4. The quantitative estimate of drug-likeness (QED) is 0.687. The fourth-order valence-electron chi connectivity index (χ4n) is 1.62. The number of carbonyl (C=O) groups excluding carboxylic acids is 1. The number of esters is 1. The summed E-state index contributed by atoms with van der Waals surface area (Å²) in [6, 6.07) is 12.2. The number of nitriles is 1. The van der Waals surface area contributed by atoms with Crippen LogP contribution in [0.15, 0.2) is 42.5 Å². The summed E-state index contributed by atoms with van der Waals surface area (Å²) in [7, 11) is 0. The first kappa shape index (κ1) is 13.6. The largest absolute Gasteiger partial charge is 0.457 e. The smallest absolute Gasteiger partial charge is 0.340 e. The second kappa shape index (κ2) is 5.85. The maximum absolute atomic E-state index is 12.9. The van der Waals surface area contributed by atoms with Gasteiger partial charge < -0.3 is 10.5 Å². The van der Waals surface area contributed by atoms with Crippen molar-refractivity contribution in [2.24, 2.45) is 0 Å². The standard InChI is InChI=1S/C15H11FN2O2/c16-12-5-6-13(14(18)7-12)15(19)20-9-11-3-1-10(8-17)2-4-11/h1-7H,9,18H2. The minimum Gasteiger partial charge on any atom is -0.457 e. The second-order valence-electron chi connectivity index (χ2n) is 4.12. The summed E-state index contributed by atoms with van der Waals surface area (Å²) < 4.78 is 18.0. The van der Waals surface area contributed by atoms with E-state index in [0.29, 0.717) is 5.56 Å². The molecule has 100 valence electrons. The van der Waals surface area contributed by atoms with Gasteiger partial charge in [0.2, 0.25) is 0 Å². The molecule has 0 aliphatic heterocycles. The molecule has 0 unspecified atom stereocenters. The van der Waals surface area contributed by atoms with E-state index in [9.17, 15) is 9.18 Å². The summed E-state index contributed by atoms with van der Waals surface area (Å²) in [6.45, 7) is 0.0569. The van der Waals surface area contributed by atoms with Gasteiger partial charge in [0.1, 0.15) is 12.4 Å². The number of nitrogens with two attached hydrogens (primary N) is 1. The lowest BCUT2D eigenvalue weighted by molar-refractivity contribution is 0.0474. The molecule has 0 saturated heterocycles. The van der Waals surface area contributed by atoms with Crippen molar-refractivity contribution in [1.82, 2.24) is 0 Å². The summed E-state index contributed by atoms with van der Waals surface area (Å²) in [5.74, 6) is -1.13.